The highest BCUT2D eigenvalue weighted by Crippen LogP contribution is 2.36. The molecule has 0 bridgehead atoms. The molecule has 1 heterocycles. The topological polar surface area (TPSA) is 44.2 Å². The van der Waals surface area contributed by atoms with E-state index >= 15 is 0 Å². The van der Waals surface area contributed by atoms with Gasteiger partial charge >= 0.3 is 0 Å². The minimum atomic E-state index is 0.316. The molecule has 0 saturated heterocycles. The second-order valence-electron chi connectivity index (χ2n) is 6.08. The molecule has 0 aliphatic carbocycles. The lowest BCUT2D eigenvalue weighted by Crippen LogP contribution is -2.04. The van der Waals surface area contributed by atoms with Crippen LogP contribution in [0.25, 0.3) is 0 Å². The van der Waals surface area contributed by atoms with Crippen molar-refractivity contribution in [1.29, 1.82) is 0 Å². The molecule has 0 fully saturated rings. The molecule has 0 N–H and O–H groups in total. The summed E-state index contributed by atoms with van der Waals surface area (Å²) < 4.78 is 11.7. The van der Waals surface area contributed by atoms with Gasteiger partial charge < -0.3 is 9.47 Å². The second kappa shape index (κ2) is 8.34. The molecule has 0 amide bonds. The standard InChI is InChI=1S/C19H25ClN2O2/c1-6-7-8-9-23-18-16(20)19(22-15(5)21-18)24-17-13(3)10-12(2)11-14(17)4/h10-11H,6-9H2,1-5H3. The smallest absolute Gasteiger partial charge is 0.245 e. The Hall–Kier alpha value is -1.81. The van der Waals surface area contributed by atoms with Gasteiger partial charge in [0.1, 0.15) is 11.6 Å². The lowest BCUT2D eigenvalue weighted by atomic mass is 10.1. The van der Waals surface area contributed by atoms with Crippen LogP contribution in [-0.4, -0.2) is 16.6 Å². The van der Waals surface area contributed by atoms with Crippen molar-refractivity contribution in [3.8, 4) is 17.5 Å². The van der Waals surface area contributed by atoms with Crippen molar-refractivity contribution in [2.45, 2.75) is 53.9 Å². The van der Waals surface area contributed by atoms with Crippen molar-refractivity contribution in [3.05, 3.63) is 39.7 Å². The van der Waals surface area contributed by atoms with Gasteiger partial charge in [0.25, 0.3) is 0 Å². The maximum atomic E-state index is 6.40. The number of aromatic nitrogens is 2. The van der Waals surface area contributed by atoms with Gasteiger partial charge in [-0.25, -0.2) is 0 Å². The number of ether oxygens (including phenoxy) is 2. The van der Waals surface area contributed by atoms with Gasteiger partial charge in [-0.05, 0) is 45.2 Å². The van der Waals surface area contributed by atoms with E-state index in [1.54, 1.807) is 6.92 Å². The molecule has 0 saturated carbocycles. The van der Waals surface area contributed by atoms with Crippen molar-refractivity contribution in [1.82, 2.24) is 9.97 Å². The van der Waals surface area contributed by atoms with Crippen LogP contribution >= 0.6 is 11.6 Å². The highest BCUT2D eigenvalue weighted by atomic mass is 35.5. The van der Waals surface area contributed by atoms with Gasteiger partial charge in [0.05, 0.1) is 6.61 Å². The van der Waals surface area contributed by atoms with Gasteiger partial charge in [-0.15, -0.1) is 0 Å². The summed E-state index contributed by atoms with van der Waals surface area (Å²) in [5, 5.41) is 0.316. The van der Waals surface area contributed by atoms with Crippen molar-refractivity contribution >= 4 is 11.6 Å². The number of benzene rings is 1. The number of halogens is 1. The van der Waals surface area contributed by atoms with Crippen LogP contribution in [-0.2, 0) is 0 Å². The number of rotatable bonds is 7. The zero-order valence-electron chi connectivity index (χ0n) is 15.1. The lowest BCUT2D eigenvalue weighted by molar-refractivity contribution is 0.291. The molecule has 1 aromatic heterocycles. The van der Waals surface area contributed by atoms with E-state index in [9.17, 15) is 0 Å². The van der Waals surface area contributed by atoms with Crippen LogP contribution in [0.3, 0.4) is 0 Å². The second-order valence-corrected chi connectivity index (χ2v) is 6.46. The first-order valence-corrected chi connectivity index (χ1v) is 8.72. The summed E-state index contributed by atoms with van der Waals surface area (Å²) >= 11 is 6.40. The Morgan fingerprint density at radius 2 is 1.58 bits per heavy atom. The molecule has 1 aromatic carbocycles. The third-order valence-corrected chi connectivity index (χ3v) is 4.02. The summed E-state index contributed by atoms with van der Waals surface area (Å²) in [6.45, 7) is 10.6. The highest BCUT2D eigenvalue weighted by Gasteiger charge is 2.16. The third-order valence-electron chi connectivity index (χ3n) is 3.69. The summed E-state index contributed by atoms with van der Waals surface area (Å²) in [4.78, 5) is 8.62. The first-order chi connectivity index (χ1) is 11.4. The molecule has 4 nitrogen and oxygen atoms in total. The molecule has 0 atom stereocenters. The van der Waals surface area contributed by atoms with E-state index in [-0.39, 0.29) is 0 Å². The fourth-order valence-electron chi connectivity index (χ4n) is 2.62. The van der Waals surface area contributed by atoms with Crippen molar-refractivity contribution in [2.75, 3.05) is 6.61 Å². The lowest BCUT2D eigenvalue weighted by Gasteiger charge is -2.15. The Bertz CT molecular complexity index is 694. The van der Waals surface area contributed by atoms with Crippen molar-refractivity contribution < 1.29 is 9.47 Å². The first-order valence-electron chi connectivity index (χ1n) is 8.35. The van der Waals surface area contributed by atoms with Gasteiger partial charge in [-0.1, -0.05) is 49.1 Å². The van der Waals surface area contributed by atoms with Crippen LogP contribution in [0.4, 0.5) is 0 Å². The minimum absolute atomic E-state index is 0.316. The fourth-order valence-corrected chi connectivity index (χ4v) is 2.79. The SMILES string of the molecule is CCCCCOc1nc(C)nc(Oc2c(C)cc(C)cc2C)c1Cl. The van der Waals surface area contributed by atoms with Crippen molar-refractivity contribution in [2.24, 2.45) is 0 Å². The van der Waals surface area contributed by atoms with E-state index in [2.05, 4.69) is 35.9 Å². The Balaban J connectivity index is 2.26. The Morgan fingerprint density at radius 1 is 0.958 bits per heavy atom. The van der Waals surface area contributed by atoms with E-state index < -0.39 is 0 Å². The van der Waals surface area contributed by atoms with Crippen LogP contribution < -0.4 is 9.47 Å². The van der Waals surface area contributed by atoms with Gasteiger partial charge in [-0.2, -0.15) is 9.97 Å². The normalized spacial score (nSPS) is 10.8. The molecular weight excluding hydrogens is 324 g/mol. The van der Waals surface area contributed by atoms with Gasteiger partial charge in [0.15, 0.2) is 5.02 Å². The molecule has 130 valence electrons. The number of hydrogen-bond donors (Lipinski definition) is 0. The van der Waals surface area contributed by atoms with Crippen LogP contribution in [0, 0.1) is 27.7 Å². The van der Waals surface area contributed by atoms with Gasteiger partial charge in [-0.3, -0.25) is 0 Å². The average Bonchev–Trinajstić information content (AvgIpc) is 2.51. The molecule has 0 aliphatic rings. The Morgan fingerprint density at radius 3 is 2.21 bits per heavy atom. The van der Waals surface area contributed by atoms with E-state index in [1.807, 2.05) is 13.8 Å². The molecule has 5 heteroatoms. The third kappa shape index (κ3) is 4.60. The van der Waals surface area contributed by atoms with Crippen molar-refractivity contribution in [3.63, 3.8) is 0 Å². The summed E-state index contributed by atoms with van der Waals surface area (Å²) in [7, 11) is 0. The van der Waals surface area contributed by atoms with Crippen LogP contribution in [0.5, 0.6) is 17.5 Å². The highest BCUT2D eigenvalue weighted by molar-refractivity contribution is 6.33. The van der Waals surface area contributed by atoms with Crippen LogP contribution in [0.2, 0.25) is 5.02 Å². The number of unbranched alkanes of at least 4 members (excludes halogenated alkanes) is 2. The zero-order valence-corrected chi connectivity index (χ0v) is 15.8. The average molecular weight is 349 g/mol. The molecular formula is C19H25ClN2O2. The fraction of sp³-hybridized carbons (Fsp3) is 0.474. The number of hydrogen-bond acceptors (Lipinski definition) is 4. The molecule has 24 heavy (non-hydrogen) atoms. The number of nitrogens with zero attached hydrogens (tertiary/aromatic N) is 2. The Labute approximate surface area is 149 Å². The summed E-state index contributed by atoms with van der Waals surface area (Å²) in [6.07, 6.45) is 3.23. The number of aryl methyl sites for hydroxylation is 4. The predicted octanol–water partition coefficient (Wildman–Crippen LogP) is 5.72. The minimum Gasteiger partial charge on any atom is -0.476 e. The summed E-state index contributed by atoms with van der Waals surface area (Å²) in [5.41, 5.74) is 3.29. The predicted molar refractivity (Wildman–Crippen MR) is 97.5 cm³/mol. The van der Waals surface area contributed by atoms with Crippen LogP contribution in [0.15, 0.2) is 12.1 Å². The van der Waals surface area contributed by atoms with Gasteiger partial charge in [0.2, 0.25) is 11.8 Å². The first kappa shape index (κ1) is 18.5. The molecule has 0 unspecified atom stereocenters. The molecule has 0 aliphatic heterocycles. The van der Waals surface area contributed by atoms with E-state index in [0.29, 0.717) is 29.2 Å². The van der Waals surface area contributed by atoms with E-state index in [0.717, 1.165) is 36.1 Å². The molecule has 2 aromatic rings. The molecule has 2 rings (SSSR count). The Kier molecular flexibility index (Phi) is 6.44. The maximum absolute atomic E-state index is 6.40. The summed E-state index contributed by atoms with van der Waals surface area (Å²) in [5.74, 6) is 2.07. The monoisotopic (exact) mass is 348 g/mol. The zero-order chi connectivity index (χ0) is 17.7. The maximum Gasteiger partial charge on any atom is 0.245 e. The van der Waals surface area contributed by atoms with E-state index in [1.165, 1.54) is 5.56 Å². The largest absolute Gasteiger partial charge is 0.476 e. The van der Waals surface area contributed by atoms with E-state index in [4.69, 9.17) is 21.1 Å². The quantitative estimate of drug-likeness (QED) is 0.600. The van der Waals surface area contributed by atoms with Crippen LogP contribution in [0.1, 0.15) is 48.7 Å². The molecule has 0 spiro atoms. The summed E-state index contributed by atoms with van der Waals surface area (Å²) in [6, 6.07) is 4.15. The molecule has 0 radical (unpaired) electrons. The van der Waals surface area contributed by atoms with Gasteiger partial charge in [0, 0.05) is 0 Å².